The minimum Gasteiger partial charge on any atom is -0.357 e. The molecule has 0 aliphatic carbocycles. The molecule has 0 bridgehead atoms. The van der Waals surface area contributed by atoms with Crippen LogP contribution in [-0.4, -0.2) is 36.4 Å². The highest BCUT2D eigenvalue weighted by molar-refractivity contribution is 5.97. The van der Waals surface area contributed by atoms with E-state index in [0.717, 1.165) is 42.1 Å². The Hall–Kier alpha value is -2.89. The topological polar surface area (TPSA) is 65.5 Å². The molecule has 2 amide bonds. The second kappa shape index (κ2) is 7.39. The predicted octanol–water partition coefficient (Wildman–Crippen LogP) is 2.52. The molecule has 1 saturated heterocycles. The second-order valence-electron chi connectivity index (χ2n) is 7.16. The molecule has 0 atom stereocenters. The van der Waals surface area contributed by atoms with Gasteiger partial charge in [0.2, 0.25) is 5.91 Å². The van der Waals surface area contributed by atoms with E-state index in [0.29, 0.717) is 18.7 Å². The summed E-state index contributed by atoms with van der Waals surface area (Å²) in [7, 11) is 0. The molecule has 2 aliphatic heterocycles. The molecule has 2 aromatic rings. The number of carbonyl (C=O) groups is 2. The second-order valence-corrected chi connectivity index (χ2v) is 7.16. The molecular formula is C21H24N4O2. The molecule has 6 nitrogen and oxygen atoms in total. The number of fused-ring (bicyclic) bond motifs is 1. The van der Waals surface area contributed by atoms with E-state index in [9.17, 15) is 9.59 Å². The summed E-state index contributed by atoms with van der Waals surface area (Å²) in [5, 5.41) is 2.99. The van der Waals surface area contributed by atoms with E-state index in [4.69, 9.17) is 0 Å². The molecule has 0 saturated carbocycles. The number of nitrogens with one attached hydrogen (secondary N) is 1. The maximum atomic E-state index is 12.6. The van der Waals surface area contributed by atoms with Crippen LogP contribution in [-0.2, 0) is 17.8 Å². The Labute approximate surface area is 159 Å². The zero-order chi connectivity index (χ0) is 18.8. The van der Waals surface area contributed by atoms with Crippen LogP contribution in [0.25, 0.3) is 0 Å². The molecule has 6 heteroatoms. The van der Waals surface area contributed by atoms with Crippen LogP contribution in [0.4, 0.5) is 11.5 Å². The number of benzene rings is 1. The molecule has 4 rings (SSSR count). The van der Waals surface area contributed by atoms with Gasteiger partial charge in [0, 0.05) is 50.6 Å². The summed E-state index contributed by atoms with van der Waals surface area (Å²) < 4.78 is 0. The lowest BCUT2D eigenvalue weighted by atomic mass is 10.1. The molecule has 2 aliphatic rings. The van der Waals surface area contributed by atoms with Crippen molar-refractivity contribution < 1.29 is 9.59 Å². The van der Waals surface area contributed by atoms with E-state index in [-0.39, 0.29) is 11.8 Å². The first-order chi connectivity index (χ1) is 13.1. The third-order valence-corrected chi connectivity index (χ3v) is 5.31. The third kappa shape index (κ3) is 3.65. The summed E-state index contributed by atoms with van der Waals surface area (Å²) in [5.41, 5.74) is 3.65. The smallest absolute Gasteiger partial charge is 0.251 e. The lowest BCUT2D eigenvalue weighted by molar-refractivity contribution is -0.116. The van der Waals surface area contributed by atoms with Crippen molar-refractivity contribution >= 4 is 23.3 Å². The minimum absolute atomic E-state index is 0.0393. The highest BCUT2D eigenvalue weighted by atomic mass is 16.2. The fourth-order valence-electron chi connectivity index (χ4n) is 3.84. The maximum absolute atomic E-state index is 12.6. The first-order valence-corrected chi connectivity index (χ1v) is 9.51. The van der Waals surface area contributed by atoms with E-state index in [2.05, 4.69) is 21.3 Å². The van der Waals surface area contributed by atoms with Crippen molar-refractivity contribution in [3.8, 4) is 0 Å². The van der Waals surface area contributed by atoms with Gasteiger partial charge in [-0.05, 0) is 60.7 Å². The van der Waals surface area contributed by atoms with Gasteiger partial charge in [-0.2, -0.15) is 0 Å². The Morgan fingerprint density at radius 2 is 1.93 bits per heavy atom. The van der Waals surface area contributed by atoms with E-state index in [1.807, 2.05) is 18.2 Å². The van der Waals surface area contributed by atoms with Gasteiger partial charge in [-0.25, -0.2) is 4.98 Å². The standard InChI is InChI=1S/C21H24N4O2/c1-15(26)25-11-7-17-13-18(4-5-19(17)25)21(27)23-14-16-6-8-22-20(12-16)24-9-2-3-10-24/h4-6,8,12-13H,2-3,7,9-11,14H2,1H3,(H,23,27). The van der Waals surface area contributed by atoms with Crippen molar-refractivity contribution in [1.29, 1.82) is 0 Å². The number of aromatic nitrogens is 1. The van der Waals surface area contributed by atoms with Gasteiger partial charge < -0.3 is 15.1 Å². The zero-order valence-corrected chi connectivity index (χ0v) is 15.6. The first kappa shape index (κ1) is 17.5. The van der Waals surface area contributed by atoms with Crippen LogP contribution in [0.2, 0.25) is 0 Å². The van der Waals surface area contributed by atoms with Gasteiger partial charge >= 0.3 is 0 Å². The summed E-state index contributed by atoms with van der Waals surface area (Å²) >= 11 is 0. The fraction of sp³-hybridized carbons (Fsp3) is 0.381. The summed E-state index contributed by atoms with van der Waals surface area (Å²) in [6.45, 7) is 4.83. The van der Waals surface area contributed by atoms with Gasteiger partial charge in [-0.1, -0.05) is 0 Å². The SMILES string of the molecule is CC(=O)N1CCc2cc(C(=O)NCc3ccnc(N4CCCC4)c3)ccc21. The van der Waals surface area contributed by atoms with Gasteiger partial charge in [0.25, 0.3) is 5.91 Å². The molecule has 0 radical (unpaired) electrons. The van der Waals surface area contributed by atoms with E-state index >= 15 is 0 Å². The summed E-state index contributed by atoms with van der Waals surface area (Å²) in [6, 6.07) is 9.55. The number of amides is 2. The predicted molar refractivity (Wildman–Crippen MR) is 105 cm³/mol. The molecule has 0 spiro atoms. The average Bonchev–Trinajstić information content (AvgIpc) is 3.35. The Bertz CT molecular complexity index is 874. The van der Waals surface area contributed by atoms with Crippen LogP contribution in [0.5, 0.6) is 0 Å². The van der Waals surface area contributed by atoms with Crippen molar-refractivity contribution in [3.05, 3.63) is 53.2 Å². The van der Waals surface area contributed by atoms with E-state index in [1.165, 1.54) is 12.8 Å². The minimum atomic E-state index is -0.0985. The number of anilines is 2. The Balaban J connectivity index is 1.41. The first-order valence-electron chi connectivity index (χ1n) is 9.51. The Kier molecular flexibility index (Phi) is 4.79. The largest absolute Gasteiger partial charge is 0.357 e. The number of carbonyl (C=O) groups excluding carboxylic acids is 2. The number of hydrogen-bond donors (Lipinski definition) is 1. The summed E-state index contributed by atoms with van der Waals surface area (Å²) in [6.07, 6.45) is 5.02. The Morgan fingerprint density at radius 3 is 2.70 bits per heavy atom. The fourth-order valence-corrected chi connectivity index (χ4v) is 3.84. The number of pyridine rings is 1. The van der Waals surface area contributed by atoms with Crippen LogP contribution >= 0.6 is 0 Å². The van der Waals surface area contributed by atoms with Gasteiger partial charge in [-0.3, -0.25) is 9.59 Å². The van der Waals surface area contributed by atoms with Crippen molar-refractivity contribution in [2.45, 2.75) is 32.7 Å². The summed E-state index contributed by atoms with van der Waals surface area (Å²) in [4.78, 5) is 32.7. The van der Waals surface area contributed by atoms with Crippen LogP contribution < -0.4 is 15.1 Å². The van der Waals surface area contributed by atoms with Gasteiger partial charge in [-0.15, -0.1) is 0 Å². The molecule has 1 aromatic carbocycles. The Morgan fingerprint density at radius 1 is 1.11 bits per heavy atom. The van der Waals surface area contributed by atoms with E-state index in [1.54, 1.807) is 24.1 Å². The lowest BCUT2D eigenvalue weighted by Crippen LogP contribution is -2.26. The van der Waals surface area contributed by atoms with Crippen molar-refractivity contribution in [2.75, 3.05) is 29.4 Å². The van der Waals surface area contributed by atoms with Gasteiger partial charge in [0.1, 0.15) is 5.82 Å². The van der Waals surface area contributed by atoms with Crippen LogP contribution in [0.1, 0.15) is 41.3 Å². The highest BCUT2D eigenvalue weighted by Gasteiger charge is 2.23. The average molecular weight is 364 g/mol. The van der Waals surface area contributed by atoms with Gasteiger partial charge in [0.05, 0.1) is 0 Å². The maximum Gasteiger partial charge on any atom is 0.251 e. The monoisotopic (exact) mass is 364 g/mol. The number of rotatable bonds is 4. The van der Waals surface area contributed by atoms with Crippen LogP contribution in [0.15, 0.2) is 36.5 Å². The van der Waals surface area contributed by atoms with E-state index < -0.39 is 0 Å². The summed E-state index contributed by atoms with van der Waals surface area (Å²) in [5.74, 6) is 0.928. The van der Waals surface area contributed by atoms with Crippen LogP contribution in [0.3, 0.4) is 0 Å². The molecule has 1 N–H and O–H groups in total. The molecule has 140 valence electrons. The van der Waals surface area contributed by atoms with Gasteiger partial charge in [0.15, 0.2) is 0 Å². The number of hydrogen-bond acceptors (Lipinski definition) is 4. The van der Waals surface area contributed by atoms with Crippen molar-refractivity contribution in [2.24, 2.45) is 0 Å². The quantitative estimate of drug-likeness (QED) is 0.905. The normalized spacial score (nSPS) is 15.7. The molecule has 27 heavy (non-hydrogen) atoms. The lowest BCUT2D eigenvalue weighted by Gasteiger charge is -2.17. The molecule has 3 heterocycles. The van der Waals surface area contributed by atoms with Crippen molar-refractivity contribution in [3.63, 3.8) is 0 Å². The molecule has 1 fully saturated rings. The van der Waals surface area contributed by atoms with Crippen LogP contribution in [0, 0.1) is 0 Å². The molecule has 0 unspecified atom stereocenters. The zero-order valence-electron chi connectivity index (χ0n) is 15.6. The molecular weight excluding hydrogens is 340 g/mol. The molecule has 1 aromatic heterocycles. The third-order valence-electron chi connectivity index (χ3n) is 5.31. The van der Waals surface area contributed by atoms with Crippen molar-refractivity contribution in [1.82, 2.24) is 10.3 Å². The highest BCUT2D eigenvalue weighted by Crippen LogP contribution is 2.29. The number of nitrogens with zero attached hydrogens (tertiary/aromatic N) is 3.